The van der Waals surface area contributed by atoms with Crippen LogP contribution >= 0.6 is 11.6 Å². The molecular formula is C29H34ClN3O6. The number of amides is 1. The van der Waals surface area contributed by atoms with Gasteiger partial charge in [0.25, 0.3) is 0 Å². The number of nitrogens with two attached hydrogens (primary N) is 1. The molecule has 0 unspecified atom stereocenters. The van der Waals surface area contributed by atoms with E-state index in [4.69, 9.17) is 26.5 Å². The number of hydrogen-bond acceptors (Lipinski definition) is 8. The van der Waals surface area contributed by atoms with Crippen molar-refractivity contribution in [2.24, 2.45) is 11.7 Å². The van der Waals surface area contributed by atoms with Gasteiger partial charge in [-0.1, -0.05) is 36.6 Å². The molecule has 208 valence electrons. The number of likely N-dealkylation sites (N-methyl/N-ethyl adjacent to an activating group) is 1. The highest BCUT2D eigenvalue weighted by Gasteiger charge is 2.34. The monoisotopic (exact) mass is 555 g/mol. The highest BCUT2D eigenvalue weighted by Crippen LogP contribution is 2.43. The number of likely N-dealkylation sites (tertiary alicyclic amines) is 1. The standard InChI is InChI=1S/C29H34ClN3O6/c1-33-11-10-18(23(36)15-33)26-25(39-29(37)32-14-16-6-2-5-9-20(16)31)13-22(35)27-21(34)12-24(38-28(26)27)17-7-3-4-8-19(17)30/h3-4,7-8,12-13,16,18,20,23,35-36H,2,5-6,9-11,14-15,31H2,1H3,(H,32,37)/t16-,18-,20+,23+/m0/s1. The molecule has 2 fully saturated rings. The van der Waals surface area contributed by atoms with Gasteiger partial charge in [0.1, 0.15) is 28.2 Å². The average molecular weight is 556 g/mol. The number of piperidine rings is 1. The van der Waals surface area contributed by atoms with Crippen LogP contribution in [0.4, 0.5) is 4.79 Å². The number of aliphatic hydroxyl groups is 1. The maximum absolute atomic E-state index is 13.2. The van der Waals surface area contributed by atoms with Gasteiger partial charge in [-0.25, -0.2) is 4.79 Å². The Labute approximate surface area is 231 Å². The van der Waals surface area contributed by atoms with E-state index in [-0.39, 0.29) is 40.2 Å². The first-order valence-electron chi connectivity index (χ1n) is 13.4. The minimum Gasteiger partial charge on any atom is -0.507 e. The first-order valence-corrected chi connectivity index (χ1v) is 13.8. The molecule has 1 saturated heterocycles. The highest BCUT2D eigenvalue weighted by molar-refractivity contribution is 6.33. The highest BCUT2D eigenvalue weighted by atomic mass is 35.5. The molecule has 1 aliphatic heterocycles. The Kier molecular flexibility index (Phi) is 8.13. The van der Waals surface area contributed by atoms with Crippen molar-refractivity contribution >= 4 is 28.7 Å². The summed E-state index contributed by atoms with van der Waals surface area (Å²) in [6.45, 7) is 1.42. The summed E-state index contributed by atoms with van der Waals surface area (Å²) in [4.78, 5) is 28.2. The number of benzene rings is 2. The van der Waals surface area contributed by atoms with Crippen LogP contribution < -0.4 is 21.2 Å². The van der Waals surface area contributed by atoms with Crippen LogP contribution in [0.1, 0.15) is 43.6 Å². The first kappa shape index (κ1) is 27.5. The Balaban J connectivity index is 1.58. The Morgan fingerprint density at radius 3 is 2.74 bits per heavy atom. The zero-order valence-electron chi connectivity index (χ0n) is 21.9. The van der Waals surface area contributed by atoms with Crippen LogP contribution in [0.2, 0.25) is 5.02 Å². The lowest BCUT2D eigenvalue weighted by Crippen LogP contribution is -2.42. The van der Waals surface area contributed by atoms with Crippen molar-refractivity contribution < 1.29 is 24.2 Å². The van der Waals surface area contributed by atoms with Crippen molar-refractivity contribution in [3.05, 3.63) is 57.2 Å². The second-order valence-corrected chi connectivity index (χ2v) is 11.1. The quantitative estimate of drug-likeness (QED) is 0.367. The summed E-state index contributed by atoms with van der Waals surface area (Å²) >= 11 is 6.39. The van der Waals surface area contributed by atoms with Gasteiger partial charge in [0.15, 0.2) is 5.43 Å². The summed E-state index contributed by atoms with van der Waals surface area (Å²) in [5.41, 5.74) is 6.67. The van der Waals surface area contributed by atoms with Gasteiger partial charge < -0.3 is 35.3 Å². The summed E-state index contributed by atoms with van der Waals surface area (Å²) in [5.74, 6) is -0.508. The maximum atomic E-state index is 13.2. The minimum absolute atomic E-state index is 0.0196. The van der Waals surface area contributed by atoms with Crippen molar-refractivity contribution in [3.63, 3.8) is 0 Å². The molecule has 0 bridgehead atoms. The average Bonchev–Trinajstić information content (AvgIpc) is 2.89. The number of hydrogen-bond donors (Lipinski definition) is 4. The molecule has 5 N–H and O–H groups in total. The lowest BCUT2D eigenvalue weighted by Gasteiger charge is -2.34. The van der Waals surface area contributed by atoms with E-state index in [0.717, 1.165) is 25.7 Å². The molecule has 2 aromatic carbocycles. The normalized spacial score (nSPS) is 24.0. The van der Waals surface area contributed by atoms with Gasteiger partial charge in [-0.05, 0) is 50.9 Å². The van der Waals surface area contributed by atoms with Gasteiger partial charge in [-0.15, -0.1) is 0 Å². The molecule has 1 aliphatic carbocycles. The van der Waals surface area contributed by atoms with Crippen molar-refractivity contribution in [1.29, 1.82) is 0 Å². The maximum Gasteiger partial charge on any atom is 0.412 e. The smallest absolute Gasteiger partial charge is 0.412 e. The van der Waals surface area contributed by atoms with Crippen LogP contribution in [-0.4, -0.2) is 60.0 Å². The predicted molar refractivity (Wildman–Crippen MR) is 149 cm³/mol. The van der Waals surface area contributed by atoms with Crippen molar-refractivity contribution in [2.45, 2.75) is 50.2 Å². The number of phenols is 1. The number of rotatable bonds is 5. The van der Waals surface area contributed by atoms with Crippen LogP contribution in [0.25, 0.3) is 22.3 Å². The summed E-state index contributed by atoms with van der Waals surface area (Å²) in [6.07, 6.45) is 3.00. The summed E-state index contributed by atoms with van der Waals surface area (Å²) in [7, 11) is 1.91. The lowest BCUT2D eigenvalue weighted by atomic mass is 9.85. The number of aliphatic hydroxyl groups excluding tert-OH is 1. The number of aromatic hydroxyl groups is 1. The van der Waals surface area contributed by atoms with Crippen LogP contribution in [0.15, 0.2) is 45.6 Å². The van der Waals surface area contributed by atoms with Crippen LogP contribution in [0.3, 0.4) is 0 Å². The summed E-state index contributed by atoms with van der Waals surface area (Å²) in [5, 5.41) is 25.1. The van der Waals surface area contributed by atoms with Crippen molar-refractivity contribution in [2.75, 3.05) is 26.7 Å². The number of nitrogens with zero attached hydrogens (tertiary/aromatic N) is 1. The second kappa shape index (κ2) is 11.6. The fraction of sp³-hybridized carbons (Fsp3) is 0.448. The number of phenolic OH excluding ortho intramolecular Hbond substituents is 1. The Morgan fingerprint density at radius 1 is 1.23 bits per heavy atom. The van der Waals surface area contributed by atoms with E-state index in [1.54, 1.807) is 24.3 Å². The molecule has 9 nitrogen and oxygen atoms in total. The second-order valence-electron chi connectivity index (χ2n) is 10.7. The molecular weight excluding hydrogens is 522 g/mol. The minimum atomic E-state index is -0.823. The number of nitrogens with one attached hydrogen (secondary N) is 1. The molecule has 2 heterocycles. The zero-order chi connectivity index (χ0) is 27.7. The van der Waals surface area contributed by atoms with E-state index in [1.165, 1.54) is 12.1 Å². The number of carbonyl (C=O) groups is 1. The third kappa shape index (κ3) is 5.77. The van der Waals surface area contributed by atoms with E-state index in [2.05, 4.69) is 5.32 Å². The molecule has 5 rings (SSSR count). The Hall–Kier alpha value is -3.11. The number of ether oxygens (including phenoxy) is 1. The van der Waals surface area contributed by atoms with Crippen molar-refractivity contribution in [1.82, 2.24) is 10.2 Å². The number of fused-ring (bicyclic) bond motifs is 1. The van der Waals surface area contributed by atoms with Crippen molar-refractivity contribution in [3.8, 4) is 22.8 Å². The summed E-state index contributed by atoms with van der Waals surface area (Å²) < 4.78 is 12.0. The molecule has 1 aromatic heterocycles. The molecule has 1 amide bonds. The molecule has 0 radical (unpaired) electrons. The fourth-order valence-corrected chi connectivity index (χ4v) is 6.04. The van der Waals surface area contributed by atoms with Crippen LogP contribution in [0.5, 0.6) is 11.5 Å². The fourth-order valence-electron chi connectivity index (χ4n) is 5.81. The number of β-amino-alcohol motifs (C(OH)–C–C–N with tert-alkyl or cyclic N) is 1. The molecule has 2 aliphatic rings. The van der Waals surface area contributed by atoms with E-state index < -0.39 is 23.5 Å². The van der Waals surface area contributed by atoms with Crippen LogP contribution in [-0.2, 0) is 0 Å². The van der Waals surface area contributed by atoms with E-state index >= 15 is 0 Å². The molecule has 0 spiro atoms. The molecule has 1 saturated carbocycles. The molecule has 3 aromatic rings. The van der Waals surface area contributed by atoms with Gasteiger partial charge in [0.05, 0.1) is 11.1 Å². The predicted octanol–water partition coefficient (Wildman–Crippen LogP) is 4.20. The van der Waals surface area contributed by atoms with Gasteiger partial charge in [-0.2, -0.15) is 0 Å². The lowest BCUT2D eigenvalue weighted by molar-refractivity contribution is 0.0630. The Morgan fingerprint density at radius 2 is 2.00 bits per heavy atom. The third-order valence-corrected chi connectivity index (χ3v) is 8.29. The summed E-state index contributed by atoms with van der Waals surface area (Å²) in [6, 6.07) is 9.49. The molecule has 4 atom stereocenters. The van der Waals surface area contributed by atoms with Gasteiger partial charge >= 0.3 is 6.09 Å². The number of carbonyl (C=O) groups excluding carboxylic acids is 1. The largest absolute Gasteiger partial charge is 0.507 e. The topological polar surface area (TPSA) is 138 Å². The van der Waals surface area contributed by atoms with Gasteiger partial charge in [0.2, 0.25) is 0 Å². The SMILES string of the molecule is CN1CC[C@H](c2c(OC(=O)NC[C@@H]3CCCC[C@H]3N)cc(O)c3c(=O)cc(-c4ccccc4Cl)oc23)[C@H](O)C1. The molecule has 39 heavy (non-hydrogen) atoms. The van der Waals surface area contributed by atoms with Crippen LogP contribution in [0, 0.1) is 5.92 Å². The number of halogens is 1. The van der Waals surface area contributed by atoms with E-state index in [0.29, 0.717) is 42.2 Å². The Bertz CT molecular complexity index is 1430. The third-order valence-electron chi connectivity index (χ3n) is 7.96. The van der Waals surface area contributed by atoms with Gasteiger partial charge in [-0.3, -0.25) is 4.79 Å². The first-order chi connectivity index (χ1) is 18.7. The van der Waals surface area contributed by atoms with E-state index in [1.807, 2.05) is 11.9 Å². The van der Waals surface area contributed by atoms with Gasteiger partial charge in [0, 0.05) is 48.3 Å². The van der Waals surface area contributed by atoms with E-state index in [9.17, 15) is 19.8 Å². The molecule has 10 heteroatoms. The zero-order valence-corrected chi connectivity index (χ0v) is 22.6.